The summed E-state index contributed by atoms with van der Waals surface area (Å²) < 4.78 is 0. The van der Waals surface area contributed by atoms with E-state index in [0.717, 1.165) is 17.4 Å². The van der Waals surface area contributed by atoms with E-state index in [1.807, 2.05) is 6.07 Å². The lowest BCUT2D eigenvalue weighted by molar-refractivity contribution is 0.309. The highest BCUT2D eigenvalue weighted by molar-refractivity contribution is 7.10. The molecule has 2 rings (SSSR count). The molecule has 1 heterocycles. The molecule has 1 nitrogen and oxygen atoms in total. The molecule has 0 radical (unpaired) electrons. The fourth-order valence-corrected chi connectivity index (χ4v) is 3.66. The Labute approximate surface area is 94.3 Å². The Hall–Kier alpha value is -0.0500. The van der Waals surface area contributed by atoms with Gasteiger partial charge in [0.2, 0.25) is 0 Å². The van der Waals surface area contributed by atoms with Crippen LogP contribution in [0.5, 0.6) is 0 Å². The van der Waals surface area contributed by atoms with Crippen molar-refractivity contribution in [1.29, 1.82) is 0 Å². The lowest BCUT2D eigenvalue weighted by Gasteiger charge is -2.32. The van der Waals surface area contributed by atoms with Gasteiger partial charge in [0.15, 0.2) is 0 Å². The van der Waals surface area contributed by atoms with Gasteiger partial charge in [0, 0.05) is 16.8 Å². The van der Waals surface area contributed by atoms with E-state index in [4.69, 9.17) is 17.3 Å². The van der Waals surface area contributed by atoms with Crippen molar-refractivity contribution in [2.75, 3.05) is 0 Å². The highest BCUT2D eigenvalue weighted by atomic mass is 35.5. The van der Waals surface area contributed by atoms with Gasteiger partial charge in [-0.1, -0.05) is 18.5 Å². The van der Waals surface area contributed by atoms with E-state index in [9.17, 15) is 0 Å². The van der Waals surface area contributed by atoms with E-state index in [0.29, 0.717) is 12.0 Å². The first-order valence-corrected chi connectivity index (χ1v) is 6.42. The maximum Gasteiger partial charge on any atom is 0.0548 e. The molecule has 3 heteroatoms. The summed E-state index contributed by atoms with van der Waals surface area (Å²) in [5, 5.41) is 2.97. The summed E-state index contributed by atoms with van der Waals surface area (Å²) in [6.45, 7) is 2.31. The van der Waals surface area contributed by atoms with Crippen LogP contribution in [-0.4, -0.2) is 6.04 Å². The summed E-state index contributed by atoms with van der Waals surface area (Å²) in [6, 6.07) is 2.29. The molecule has 1 aliphatic rings. The molecule has 14 heavy (non-hydrogen) atoms. The molecule has 0 amide bonds. The Morgan fingerprint density at radius 2 is 2.29 bits per heavy atom. The number of halogens is 1. The molecule has 1 aromatic heterocycles. The maximum absolute atomic E-state index is 6.15. The molecule has 1 aliphatic carbocycles. The summed E-state index contributed by atoms with van der Waals surface area (Å²) in [6.07, 6.45) is 3.60. The van der Waals surface area contributed by atoms with E-state index in [-0.39, 0.29) is 0 Å². The Bertz CT molecular complexity index is 310. The van der Waals surface area contributed by atoms with Crippen LogP contribution in [-0.2, 0) is 0 Å². The molecule has 1 fully saturated rings. The van der Waals surface area contributed by atoms with Crippen LogP contribution < -0.4 is 5.73 Å². The van der Waals surface area contributed by atoms with Gasteiger partial charge in [-0.15, -0.1) is 11.3 Å². The number of thiophene rings is 1. The third-order valence-electron chi connectivity index (χ3n) is 3.15. The van der Waals surface area contributed by atoms with E-state index >= 15 is 0 Å². The molecule has 3 atom stereocenters. The second-order valence-electron chi connectivity index (χ2n) is 4.32. The Morgan fingerprint density at radius 1 is 1.50 bits per heavy atom. The predicted octanol–water partition coefficient (Wildman–Crippen LogP) is 3.63. The van der Waals surface area contributed by atoms with Crippen molar-refractivity contribution in [3.63, 3.8) is 0 Å². The molecule has 0 aromatic carbocycles. The van der Waals surface area contributed by atoms with Gasteiger partial charge in [0.05, 0.1) is 5.02 Å². The van der Waals surface area contributed by atoms with Crippen LogP contribution in [0.25, 0.3) is 0 Å². The zero-order chi connectivity index (χ0) is 10.1. The maximum atomic E-state index is 6.15. The molecular formula is C11H16ClNS. The van der Waals surface area contributed by atoms with E-state index in [2.05, 4.69) is 12.3 Å². The van der Waals surface area contributed by atoms with Gasteiger partial charge in [0.25, 0.3) is 0 Å². The van der Waals surface area contributed by atoms with Gasteiger partial charge in [-0.2, -0.15) is 0 Å². The molecule has 2 N–H and O–H groups in total. The molecule has 1 aromatic rings. The minimum atomic E-state index is 0.308. The standard InChI is InChI=1S/C11H16ClNS/c1-7-2-3-10(13)8(6-7)11-9(12)4-5-14-11/h4-5,7-8,10H,2-3,6,13H2,1H3. The lowest BCUT2D eigenvalue weighted by atomic mass is 9.78. The van der Waals surface area contributed by atoms with Crippen molar-refractivity contribution in [2.24, 2.45) is 11.7 Å². The SMILES string of the molecule is CC1CCC(N)C(c2sccc2Cl)C1. The first kappa shape index (κ1) is 10.5. The van der Waals surface area contributed by atoms with Gasteiger partial charge in [-0.3, -0.25) is 0 Å². The van der Waals surface area contributed by atoms with Gasteiger partial charge < -0.3 is 5.73 Å². The summed E-state index contributed by atoms with van der Waals surface area (Å²) in [4.78, 5) is 1.30. The minimum absolute atomic E-state index is 0.308. The molecule has 0 spiro atoms. The third-order valence-corrected chi connectivity index (χ3v) is 4.64. The average molecular weight is 230 g/mol. The molecule has 3 unspecified atom stereocenters. The Balaban J connectivity index is 2.20. The smallest absolute Gasteiger partial charge is 0.0548 e. The average Bonchev–Trinajstić information content (AvgIpc) is 2.56. The molecule has 0 saturated heterocycles. The van der Waals surface area contributed by atoms with Crippen LogP contribution in [0.4, 0.5) is 0 Å². The van der Waals surface area contributed by atoms with Crippen LogP contribution in [0, 0.1) is 5.92 Å². The van der Waals surface area contributed by atoms with Gasteiger partial charge in [0.1, 0.15) is 0 Å². The zero-order valence-corrected chi connectivity index (χ0v) is 9.94. The van der Waals surface area contributed by atoms with E-state index in [1.54, 1.807) is 11.3 Å². The molecule has 78 valence electrons. The number of hydrogen-bond acceptors (Lipinski definition) is 2. The van der Waals surface area contributed by atoms with Crippen molar-refractivity contribution >= 4 is 22.9 Å². The third kappa shape index (κ3) is 1.97. The second kappa shape index (κ2) is 4.21. The highest BCUT2D eigenvalue weighted by Crippen LogP contribution is 2.40. The predicted molar refractivity (Wildman–Crippen MR) is 63.1 cm³/mol. The van der Waals surface area contributed by atoms with Crippen molar-refractivity contribution in [3.05, 3.63) is 21.3 Å². The van der Waals surface area contributed by atoms with Crippen molar-refractivity contribution in [1.82, 2.24) is 0 Å². The fourth-order valence-electron chi connectivity index (χ4n) is 2.28. The van der Waals surface area contributed by atoms with Crippen molar-refractivity contribution in [3.8, 4) is 0 Å². The minimum Gasteiger partial charge on any atom is -0.327 e. The van der Waals surface area contributed by atoms with Crippen LogP contribution in [0.2, 0.25) is 5.02 Å². The number of hydrogen-bond donors (Lipinski definition) is 1. The molecule has 0 aliphatic heterocycles. The summed E-state index contributed by atoms with van der Waals surface area (Å²) in [5.74, 6) is 1.28. The largest absolute Gasteiger partial charge is 0.327 e. The van der Waals surface area contributed by atoms with Crippen molar-refractivity contribution < 1.29 is 0 Å². The van der Waals surface area contributed by atoms with Crippen LogP contribution in [0.15, 0.2) is 11.4 Å². The van der Waals surface area contributed by atoms with Gasteiger partial charge >= 0.3 is 0 Å². The molecule has 1 saturated carbocycles. The zero-order valence-electron chi connectivity index (χ0n) is 8.37. The normalized spacial score (nSPS) is 33.2. The Morgan fingerprint density at radius 3 is 2.93 bits per heavy atom. The fraction of sp³-hybridized carbons (Fsp3) is 0.636. The van der Waals surface area contributed by atoms with Crippen LogP contribution in [0.3, 0.4) is 0 Å². The first-order chi connectivity index (χ1) is 6.68. The quantitative estimate of drug-likeness (QED) is 0.782. The summed E-state index contributed by atoms with van der Waals surface area (Å²) >= 11 is 7.89. The Kier molecular flexibility index (Phi) is 3.15. The van der Waals surface area contributed by atoms with Crippen molar-refractivity contribution in [2.45, 2.75) is 38.1 Å². The summed E-state index contributed by atoms with van der Waals surface area (Å²) in [5.41, 5.74) is 6.15. The van der Waals surface area contributed by atoms with Crippen LogP contribution in [0.1, 0.15) is 37.0 Å². The van der Waals surface area contributed by atoms with Gasteiger partial charge in [-0.05, 0) is 36.6 Å². The second-order valence-corrected chi connectivity index (χ2v) is 5.68. The highest BCUT2D eigenvalue weighted by Gasteiger charge is 2.29. The summed E-state index contributed by atoms with van der Waals surface area (Å²) in [7, 11) is 0. The monoisotopic (exact) mass is 229 g/mol. The molecular weight excluding hydrogens is 214 g/mol. The van der Waals surface area contributed by atoms with E-state index in [1.165, 1.54) is 17.7 Å². The topological polar surface area (TPSA) is 26.0 Å². The van der Waals surface area contributed by atoms with Gasteiger partial charge in [-0.25, -0.2) is 0 Å². The lowest BCUT2D eigenvalue weighted by Crippen LogP contribution is -2.33. The molecule has 0 bridgehead atoms. The number of rotatable bonds is 1. The van der Waals surface area contributed by atoms with Crippen LogP contribution >= 0.6 is 22.9 Å². The number of nitrogens with two attached hydrogens (primary N) is 1. The first-order valence-electron chi connectivity index (χ1n) is 5.17. The van der Waals surface area contributed by atoms with E-state index < -0.39 is 0 Å².